The second-order valence-electron chi connectivity index (χ2n) is 10.6. The lowest BCUT2D eigenvalue weighted by Gasteiger charge is -2.33. The Morgan fingerprint density at radius 3 is 2.37 bits per heavy atom. The standard InChI is InChI=1S/C26H42N4O5/c1-18(2)28-23(31)15-35-21-9-8-20(14-22(21)34-7)25(33)30-12-10-19(11-13-30)24(32)27-16-26(3,4)17-29(5)6/h8-9,14,18-19H,10-13,15-17H2,1-7H3,(H,27,32)(H,28,31). The Balaban J connectivity index is 1.90. The van der Waals surface area contributed by atoms with E-state index in [1.165, 1.54) is 7.11 Å². The summed E-state index contributed by atoms with van der Waals surface area (Å²) in [6, 6.07) is 4.97. The fraction of sp³-hybridized carbons (Fsp3) is 0.654. The minimum absolute atomic E-state index is 0.0109. The number of nitrogens with zero attached hydrogens (tertiary/aromatic N) is 2. The van der Waals surface area contributed by atoms with Crippen molar-refractivity contribution in [3.63, 3.8) is 0 Å². The van der Waals surface area contributed by atoms with Gasteiger partial charge in [-0.1, -0.05) is 13.8 Å². The second kappa shape index (κ2) is 12.8. The Labute approximate surface area is 209 Å². The van der Waals surface area contributed by atoms with Crippen molar-refractivity contribution >= 4 is 17.7 Å². The summed E-state index contributed by atoms with van der Waals surface area (Å²) in [5.41, 5.74) is 0.470. The summed E-state index contributed by atoms with van der Waals surface area (Å²) in [5.74, 6) is 0.428. The van der Waals surface area contributed by atoms with Crippen LogP contribution in [0.2, 0.25) is 0 Å². The zero-order chi connectivity index (χ0) is 26.2. The van der Waals surface area contributed by atoms with Crippen LogP contribution >= 0.6 is 0 Å². The van der Waals surface area contributed by atoms with Crippen LogP contribution in [-0.4, -0.2) is 87.6 Å². The lowest BCUT2D eigenvalue weighted by molar-refractivity contribution is -0.126. The molecule has 1 aromatic rings. The Bertz CT molecular complexity index is 876. The maximum absolute atomic E-state index is 13.1. The van der Waals surface area contributed by atoms with Crippen LogP contribution in [0.25, 0.3) is 0 Å². The molecule has 1 aliphatic rings. The van der Waals surface area contributed by atoms with Crippen molar-refractivity contribution in [3.05, 3.63) is 23.8 Å². The number of piperidine rings is 1. The SMILES string of the molecule is COc1cc(C(=O)N2CCC(C(=O)NCC(C)(C)CN(C)C)CC2)ccc1OCC(=O)NC(C)C. The van der Waals surface area contributed by atoms with Gasteiger partial charge in [0.25, 0.3) is 11.8 Å². The van der Waals surface area contributed by atoms with Gasteiger partial charge in [0.2, 0.25) is 5.91 Å². The molecule has 9 heteroatoms. The highest BCUT2D eigenvalue weighted by atomic mass is 16.5. The van der Waals surface area contributed by atoms with Crippen molar-refractivity contribution in [2.45, 2.75) is 46.6 Å². The van der Waals surface area contributed by atoms with Gasteiger partial charge in [-0.05, 0) is 64.4 Å². The van der Waals surface area contributed by atoms with Crippen LogP contribution in [0.1, 0.15) is 50.9 Å². The predicted octanol–water partition coefficient (Wildman–Crippen LogP) is 2.15. The third kappa shape index (κ3) is 9.05. The molecule has 9 nitrogen and oxygen atoms in total. The molecule has 0 spiro atoms. The molecule has 0 aliphatic carbocycles. The fourth-order valence-electron chi connectivity index (χ4n) is 4.34. The molecule has 35 heavy (non-hydrogen) atoms. The third-order valence-corrected chi connectivity index (χ3v) is 5.86. The van der Waals surface area contributed by atoms with E-state index in [-0.39, 0.29) is 41.7 Å². The molecule has 0 radical (unpaired) electrons. The number of rotatable bonds is 11. The maximum atomic E-state index is 13.1. The van der Waals surface area contributed by atoms with Crippen LogP contribution in [0.5, 0.6) is 11.5 Å². The van der Waals surface area contributed by atoms with Crippen molar-refractivity contribution in [1.29, 1.82) is 0 Å². The molecule has 1 saturated heterocycles. The van der Waals surface area contributed by atoms with Crippen LogP contribution < -0.4 is 20.1 Å². The Hall–Kier alpha value is -2.81. The van der Waals surface area contributed by atoms with E-state index in [9.17, 15) is 14.4 Å². The minimum Gasteiger partial charge on any atom is -0.493 e. The molecule has 3 amide bonds. The molecule has 1 aliphatic heterocycles. The molecular weight excluding hydrogens is 448 g/mol. The summed E-state index contributed by atoms with van der Waals surface area (Å²) >= 11 is 0. The van der Waals surface area contributed by atoms with Crippen LogP contribution in [0.15, 0.2) is 18.2 Å². The van der Waals surface area contributed by atoms with Gasteiger partial charge in [-0.15, -0.1) is 0 Å². The molecule has 0 atom stereocenters. The average molecular weight is 491 g/mol. The van der Waals surface area contributed by atoms with Gasteiger partial charge < -0.3 is 29.9 Å². The maximum Gasteiger partial charge on any atom is 0.258 e. The van der Waals surface area contributed by atoms with E-state index in [2.05, 4.69) is 29.4 Å². The summed E-state index contributed by atoms with van der Waals surface area (Å²) in [6.45, 7) is 10.4. The number of nitrogens with one attached hydrogen (secondary N) is 2. The molecule has 1 heterocycles. The van der Waals surface area contributed by atoms with Crippen molar-refractivity contribution in [2.75, 3.05) is 54.0 Å². The summed E-state index contributed by atoms with van der Waals surface area (Å²) in [4.78, 5) is 41.5. The molecule has 2 N–H and O–H groups in total. The first kappa shape index (κ1) is 28.4. The molecular formula is C26H42N4O5. The molecule has 1 fully saturated rings. The van der Waals surface area contributed by atoms with Crippen molar-refractivity contribution in [3.8, 4) is 11.5 Å². The molecule has 0 saturated carbocycles. The van der Waals surface area contributed by atoms with E-state index in [0.717, 1.165) is 6.54 Å². The number of carbonyl (C=O) groups excluding carboxylic acids is 3. The zero-order valence-corrected chi connectivity index (χ0v) is 22.3. The molecule has 0 aromatic heterocycles. The Kier molecular flexibility index (Phi) is 10.4. The lowest BCUT2D eigenvalue weighted by atomic mass is 9.91. The van der Waals surface area contributed by atoms with Gasteiger partial charge in [0.1, 0.15) is 0 Å². The first-order valence-electron chi connectivity index (χ1n) is 12.2. The first-order chi connectivity index (χ1) is 16.4. The summed E-state index contributed by atoms with van der Waals surface area (Å²) in [6.07, 6.45) is 1.27. The highest BCUT2D eigenvalue weighted by Gasteiger charge is 2.29. The van der Waals surface area contributed by atoms with E-state index in [1.54, 1.807) is 23.1 Å². The third-order valence-electron chi connectivity index (χ3n) is 5.86. The van der Waals surface area contributed by atoms with Gasteiger partial charge in [0, 0.05) is 43.7 Å². The number of ether oxygens (including phenoxy) is 2. The highest BCUT2D eigenvalue weighted by molar-refractivity contribution is 5.95. The first-order valence-corrected chi connectivity index (χ1v) is 12.2. The van der Waals surface area contributed by atoms with E-state index >= 15 is 0 Å². The number of carbonyl (C=O) groups is 3. The van der Waals surface area contributed by atoms with Crippen molar-refractivity contribution in [1.82, 2.24) is 20.4 Å². The number of methoxy groups -OCH3 is 1. The molecule has 1 aromatic carbocycles. The lowest BCUT2D eigenvalue weighted by Crippen LogP contribution is -2.46. The number of hydrogen-bond donors (Lipinski definition) is 2. The normalized spacial score (nSPS) is 14.7. The molecule has 0 bridgehead atoms. The fourth-order valence-corrected chi connectivity index (χ4v) is 4.34. The number of amides is 3. The smallest absolute Gasteiger partial charge is 0.258 e. The zero-order valence-electron chi connectivity index (χ0n) is 22.3. The van der Waals surface area contributed by atoms with E-state index in [4.69, 9.17) is 9.47 Å². The van der Waals surface area contributed by atoms with Crippen LogP contribution in [0.4, 0.5) is 0 Å². The van der Waals surface area contributed by atoms with E-state index in [0.29, 0.717) is 49.5 Å². The number of benzene rings is 1. The summed E-state index contributed by atoms with van der Waals surface area (Å²) in [7, 11) is 5.55. The monoisotopic (exact) mass is 490 g/mol. The average Bonchev–Trinajstić information content (AvgIpc) is 2.79. The molecule has 2 rings (SSSR count). The number of likely N-dealkylation sites (tertiary alicyclic amines) is 1. The molecule has 196 valence electrons. The summed E-state index contributed by atoms with van der Waals surface area (Å²) in [5, 5.41) is 5.86. The van der Waals surface area contributed by atoms with Gasteiger partial charge in [0.05, 0.1) is 7.11 Å². The van der Waals surface area contributed by atoms with E-state index in [1.807, 2.05) is 27.9 Å². The van der Waals surface area contributed by atoms with Gasteiger partial charge >= 0.3 is 0 Å². The Morgan fingerprint density at radius 1 is 1.14 bits per heavy atom. The number of hydrogen-bond acceptors (Lipinski definition) is 6. The van der Waals surface area contributed by atoms with Crippen LogP contribution in [-0.2, 0) is 9.59 Å². The van der Waals surface area contributed by atoms with Crippen molar-refractivity contribution < 1.29 is 23.9 Å². The van der Waals surface area contributed by atoms with Gasteiger partial charge in [-0.3, -0.25) is 14.4 Å². The van der Waals surface area contributed by atoms with E-state index < -0.39 is 0 Å². The van der Waals surface area contributed by atoms with Gasteiger partial charge in [-0.25, -0.2) is 0 Å². The largest absolute Gasteiger partial charge is 0.493 e. The topological polar surface area (TPSA) is 100 Å². The summed E-state index contributed by atoms with van der Waals surface area (Å²) < 4.78 is 11.0. The molecule has 0 unspecified atom stereocenters. The second-order valence-corrected chi connectivity index (χ2v) is 10.6. The highest BCUT2D eigenvalue weighted by Crippen LogP contribution is 2.29. The minimum atomic E-state index is -0.227. The Morgan fingerprint density at radius 2 is 1.80 bits per heavy atom. The van der Waals surface area contributed by atoms with Crippen LogP contribution in [0.3, 0.4) is 0 Å². The van der Waals surface area contributed by atoms with Gasteiger partial charge in [0.15, 0.2) is 18.1 Å². The van der Waals surface area contributed by atoms with Crippen molar-refractivity contribution in [2.24, 2.45) is 11.3 Å². The van der Waals surface area contributed by atoms with Crippen LogP contribution in [0, 0.1) is 11.3 Å². The predicted molar refractivity (Wildman–Crippen MR) is 136 cm³/mol. The van der Waals surface area contributed by atoms with Gasteiger partial charge in [-0.2, -0.15) is 0 Å². The quantitative estimate of drug-likeness (QED) is 0.493.